The van der Waals surface area contributed by atoms with Crippen molar-refractivity contribution in [3.8, 4) is 0 Å². The number of hydrogen-bond donors (Lipinski definition) is 0. The monoisotopic (exact) mass is 188 g/mol. The molecule has 0 fully saturated rings. The first kappa shape index (κ1) is 11.4. The summed E-state index contributed by atoms with van der Waals surface area (Å²) in [4.78, 5) is 0. The molecule has 0 aromatic rings. The Bertz CT molecular complexity index is 163. The van der Waals surface area contributed by atoms with Crippen LogP contribution in [0.3, 0.4) is 0 Å². The second kappa shape index (κ2) is 3.41. The summed E-state index contributed by atoms with van der Waals surface area (Å²) < 4.78 is 61.7. The van der Waals surface area contributed by atoms with Gasteiger partial charge >= 0.3 is 11.8 Å². The van der Waals surface area contributed by atoms with Gasteiger partial charge in [-0.3, -0.25) is 0 Å². The molecule has 0 rings (SSSR count). The van der Waals surface area contributed by atoms with Gasteiger partial charge in [0.15, 0.2) is 6.17 Å². The van der Waals surface area contributed by atoms with E-state index in [-0.39, 0.29) is 6.08 Å². The van der Waals surface area contributed by atoms with Gasteiger partial charge in [0.05, 0.1) is 0 Å². The molecule has 0 aromatic carbocycles. The summed E-state index contributed by atoms with van der Waals surface area (Å²) >= 11 is 0. The van der Waals surface area contributed by atoms with E-state index < -0.39 is 24.4 Å². The molecule has 0 aliphatic heterocycles. The lowest BCUT2D eigenvalue weighted by atomic mass is 10.0. The minimum Gasteiger partial charge on any atom is -0.236 e. The molecule has 0 amide bonds. The molecule has 0 aliphatic carbocycles. The molecule has 0 heterocycles. The number of alkyl halides is 5. The molecule has 1 atom stereocenters. The van der Waals surface area contributed by atoms with Crippen molar-refractivity contribution < 1.29 is 22.0 Å². The Morgan fingerprint density at radius 3 is 2.00 bits per heavy atom. The lowest BCUT2D eigenvalue weighted by Crippen LogP contribution is -2.46. The van der Waals surface area contributed by atoms with Crippen LogP contribution >= 0.6 is 0 Å². The quantitative estimate of drug-likeness (QED) is 0.469. The van der Waals surface area contributed by atoms with E-state index in [2.05, 4.69) is 6.58 Å². The number of allylic oxidation sites excluding steroid dienone is 1. The second-order valence-corrected chi connectivity index (χ2v) is 2.32. The van der Waals surface area contributed by atoms with Crippen LogP contribution in [0.4, 0.5) is 22.0 Å². The fourth-order valence-corrected chi connectivity index (χ4v) is 0.585. The fraction of sp³-hybridized carbons (Fsp3) is 0.714. The molecule has 72 valence electrons. The molecule has 1 unspecified atom stereocenters. The molecular weight excluding hydrogens is 179 g/mol. The smallest absolute Gasteiger partial charge is 0.236 e. The largest absolute Gasteiger partial charge is 0.344 e. The van der Waals surface area contributed by atoms with E-state index in [9.17, 15) is 22.0 Å². The maximum atomic E-state index is 12.4. The lowest BCUT2D eigenvalue weighted by Gasteiger charge is -2.26. The van der Waals surface area contributed by atoms with Crippen LogP contribution in [0.2, 0.25) is 0 Å². The third-order valence-corrected chi connectivity index (χ3v) is 1.48. The number of halogens is 5. The predicted molar refractivity (Wildman–Crippen MR) is 35.3 cm³/mol. The maximum absolute atomic E-state index is 12.4. The standard InChI is InChI=1S/C7H9F5/c1-3-5(8)7(11,12)6(9,10)4-2/h3,5H,1,4H2,2H3. The number of hydrogen-bond acceptors (Lipinski definition) is 0. The summed E-state index contributed by atoms with van der Waals surface area (Å²) in [7, 11) is 0. The lowest BCUT2D eigenvalue weighted by molar-refractivity contribution is -0.231. The first-order chi connectivity index (χ1) is 5.29. The molecule has 12 heavy (non-hydrogen) atoms. The van der Waals surface area contributed by atoms with Crippen LogP contribution in [0.5, 0.6) is 0 Å². The van der Waals surface area contributed by atoms with E-state index >= 15 is 0 Å². The molecule has 0 nitrogen and oxygen atoms in total. The highest BCUT2D eigenvalue weighted by Gasteiger charge is 2.59. The van der Waals surface area contributed by atoms with Crippen molar-refractivity contribution in [1.29, 1.82) is 0 Å². The fourth-order valence-electron chi connectivity index (χ4n) is 0.585. The highest BCUT2D eigenvalue weighted by atomic mass is 19.3. The van der Waals surface area contributed by atoms with Crippen molar-refractivity contribution in [3.63, 3.8) is 0 Å². The van der Waals surface area contributed by atoms with Gasteiger partial charge in [-0.15, -0.1) is 0 Å². The molecule has 0 saturated heterocycles. The molecule has 0 spiro atoms. The Labute approximate surface area is 67.1 Å². The van der Waals surface area contributed by atoms with E-state index in [0.29, 0.717) is 0 Å². The van der Waals surface area contributed by atoms with Crippen LogP contribution in [-0.4, -0.2) is 18.0 Å². The van der Waals surface area contributed by atoms with Crippen molar-refractivity contribution in [2.75, 3.05) is 0 Å². The zero-order chi connectivity index (χ0) is 9.99. The molecule has 0 radical (unpaired) electrons. The summed E-state index contributed by atoms with van der Waals surface area (Å²) in [5, 5.41) is 0. The third-order valence-electron chi connectivity index (χ3n) is 1.48. The zero-order valence-corrected chi connectivity index (χ0v) is 6.46. The molecule has 5 heteroatoms. The molecule has 0 saturated carbocycles. The van der Waals surface area contributed by atoms with Crippen molar-refractivity contribution in [3.05, 3.63) is 12.7 Å². The summed E-state index contributed by atoms with van der Waals surface area (Å²) in [5.41, 5.74) is 0. The Balaban J connectivity index is 4.69. The van der Waals surface area contributed by atoms with E-state index in [1.165, 1.54) is 0 Å². The van der Waals surface area contributed by atoms with Gasteiger partial charge in [0.2, 0.25) is 0 Å². The normalized spacial score (nSPS) is 15.8. The van der Waals surface area contributed by atoms with Crippen LogP contribution in [0.1, 0.15) is 13.3 Å². The van der Waals surface area contributed by atoms with Gasteiger partial charge < -0.3 is 0 Å². The Kier molecular flexibility index (Phi) is 3.24. The van der Waals surface area contributed by atoms with E-state index in [4.69, 9.17) is 0 Å². The zero-order valence-electron chi connectivity index (χ0n) is 6.46. The van der Waals surface area contributed by atoms with Crippen LogP contribution < -0.4 is 0 Å². The first-order valence-corrected chi connectivity index (χ1v) is 3.32. The van der Waals surface area contributed by atoms with Crippen molar-refractivity contribution in [2.45, 2.75) is 31.4 Å². The Morgan fingerprint density at radius 1 is 1.33 bits per heavy atom. The van der Waals surface area contributed by atoms with Crippen LogP contribution in [-0.2, 0) is 0 Å². The maximum Gasteiger partial charge on any atom is 0.344 e. The van der Waals surface area contributed by atoms with Crippen LogP contribution in [0.15, 0.2) is 12.7 Å². The minimum atomic E-state index is -4.66. The SMILES string of the molecule is C=CC(F)C(F)(F)C(F)(F)CC. The van der Waals surface area contributed by atoms with Gasteiger partial charge in [-0.25, -0.2) is 4.39 Å². The third kappa shape index (κ3) is 1.76. The van der Waals surface area contributed by atoms with Crippen LogP contribution in [0.25, 0.3) is 0 Å². The second-order valence-electron chi connectivity index (χ2n) is 2.32. The summed E-state index contributed by atoms with van der Waals surface area (Å²) in [5.74, 6) is -8.98. The molecule has 0 bridgehead atoms. The summed E-state index contributed by atoms with van der Waals surface area (Å²) in [6, 6.07) is 0. The predicted octanol–water partition coefficient (Wildman–Crippen LogP) is 3.19. The minimum absolute atomic E-state index is 0.170. The topological polar surface area (TPSA) is 0 Å². The average Bonchev–Trinajstić information content (AvgIpc) is 2.02. The van der Waals surface area contributed by atoms with Gasteiger partial charge in [0.1, 0.15) is 0 Å². The highest BCUT2D eigenvalue weighted by molar-refractivity contribution is 4.98. The average molecular weight is 188 g/mol. The molecule has 0 N–H and O–H groups in total. The van der Waals surface area contributed by atoms with Gasteiger partial charge in [0.25, 0.3) is 0 Å². The van der Waals surface area contributed by atoms with Crippen molar-refractivity contribution in [1.82, 2.24) is 0 Å². The van der Waals surface area contributed by atoms with E-state index in [1.54, 1.807) is 0 Å². The van der Waals surface area contributed by atoms with E-state index in [1.807, 2.05) is 0 Å². The molecule has 0 aromatic heterocycles. The number of rotatable bonds is 4. The van der Waals surface area contributed by atoms with Crippen molar-refractivity contribution >= 4 is 0 Å². The first-order valence-electron chi connectivity index (χ1n) is 3.32. The van der Waals surface area contributed by atoms with Gasteiger partial charge in [-0.2, -0.15) is 17.6 Å². The van der Waals surface area contributed by atoms with Gasteiger partial charge in [0, 0.05) is 6.42 Å². The van der Waals surface area contributed by atoms with Gasteiger partial charge in [-0.1, -0.05) is 19.6 Å². The van der Waals surface area contributed by atoms with Crippen molar-refractivity contribution in [2.24, 2.45) is 0 Å². The van der Waals surface area contributed by atoms with Gasteiger partial charge in [-0.05, 0) is 0 Å². The highest BCUT2D eigenvalue weighted by Crippen LogP contribution is 2.40. The Morgan fingerprint density at radius 2 is 1.75 bits per heavy atom. The summed E-state index contributed by atoms with van der Waals surface area (Å²) in [6.07, 6.45) is -3.94. The molecule has 0 aliphatic rings. The molecular formula is C7H9F5. The van der Waals surface area contributed by atoms with E-state index in [0.717, 1.165) is 6.92 Å². The Hall–Kier alpha value is -0.610. The van der Waals surface area contributed by atoms with Crippen LogP contribution in [0, 0.1) is 0 Å². The summed E-state index contributed by atoms with van der Waals surface area (Å²) in [6.45, 7) is 3.55.